The molecule has 0 radical (unpaired) electrons. The van der Waals surface area contributed by atoms with E-state index in [9.17, 15) is 0 Å². The van der Waals surface area contributed by atoms with E-state index in [-0.39, 0.29) is 0 Å². The molecule has 16 heavy (non-hydrogen) atoms. The molecule has 84 valence electrons. The smallest absolute Gasteiger partial charge is 0.110 e. The van der Waals surface area contributed by atoms with E-state index >= 15 is 0 Å². The zero-order valence-electron chi connectivity index (χ0n) is 9.94. The number of aromatic nitrogens is 2. The normalized spacial score (nSPS) is 12.7. The van der Waals surface area contributed by atoms with Gasteiger partial charge in [0.05, 0.1) is 0 Å². The van der Waals surface area contributed by atoms with Gasteiger partial charge in [-0.2, -0.15) is 0 Å². The molecule has 0 saturated carbocycles. The van der Waals surface area contributed by atoms with E-state index < -0.39 is 0 Å². The molecule has 0 saturated heterocycles. The molecule has 0 aliphatic heterocycles. The zero-order valence-corrected chi connectivity index (χ0v) is 9.94. The Morgan fingerprint density at radius 3 is 2.44 bits per heavy atom. The summed E-state index contributed by atoms with van der Waals surface area (Å²) in [6, 6.07) is 8.93. The lowest BCUT2D eigenvalue weighted by Gasteiger charge is -2.11. The van der Waals surface area contributed by atoms with Gasteiger partial charge in [0.15, 0.2) is 0 Å². The van der Waals surface area contributed by atoms with E-state index in [0.717, 1.165) is 11.5 Å². The number of benzene rings is 1. The molecule has 1 aromatic heterocycles. The van der Waals surface area contributed by atoms with Gasteiger partial charge in [0.2, 0.25) is 0 Å². The van der Waals surface area contributed by atoms with Crippen LogP contribution in [0.15, 0.2) is 36.7 Å². The van der Waals surface area contributed by atoms with Crippen LogP contribution in [-0.4, -0.2) is 16.6 Å². The number of imidazole rings is 1. The molecule has 2 rings (SSSR count). The number of nitrogens with zero attached hydrogens (tertiary/aromatic N) is 2. The maximum atomic E-state index is 4.22. The van der Waals surface area contributed by atoms with Crippen molar-refractivity contribution in [2.24, 2.45) is 0 Å². The van der Waals surface area contributed by atoms with Crippen LogP contribution in [0.4, 0.5) is 0 Å². The van der Waals surface area contributed by atoms with Gasteiger partial charge in [-0.25, -0.2) is 4.98 Å². The molecule has 1 unspecified atom stereocenters. The molecule has 3 heteroatoms. The highest BCUT2D eigenvalue weighted by Crippen LogP contribution is 2.16. The van der Waals surface area contributed by atoms with E-state index in [1.54, 1.807) is 0 Å². The molecule has 0 bridgehead atoms. The minimum absolute atomic E-state index is 0.387. The van der Waals surface area contributed by atoms with Crippen LogP contribution in [0.1, 0.15) is 24.4 Å². The van der Waals surface area contributed by atoms with E-state index in [2.05, 4.69) is 46.1 Å². The maximum Gasteiger partial charge on any atom is 0.110 e. The molecule has 1 atom stereocenters. The lowest BCUT2D eigenvalue weighted by molar-refractivity contribution is 0.652. The van der Waals surface area contributed by atoms with Crippen LogP contribution < -0.4 is 5.32 Å². The molecule has 0 fully saturated rings. The first-order valence-corrected chi connectivity index (χ1v) is 5.50. The number of rotatable bonds is 3. The maximum absolute atomic E-state index is 4.22. The standard InChI is InChI=1S/C13H17N3/c1-10(14-3)12-4-6-13(7-5-12)16-9-8-15-11(16)2/h4-10,14H,1-3H3. The van der Waals surface area contributed by atoms with Gasteiger partial charge in [-0.1, -0.05) is 12.1 Å². The first kappa shape index (κ1) is 10.9. The summed E-state index contributed by atoms with van der Waals surface area (Å²) in [5.74, 6) is 1.01. The van der Waals surface area contributed by atoms with E-state index in [1.807, 2.05) is 26.4 Å². The quantitative estimate of drug-likeness (QED) is 0.852. The fraction of sp³-hybridized carbons (Fsp3) is 0.308. The molecular formula is C13H17N3. The lowest BCUT2D eigenvalue weighted by Crippen LogP contribution is -2.12. The summed E-state index contributed by atoms with van der Waals surface area (Å²) in [6.07, 6.45) is 3.80. The second-order valence-corrected chi connectivity index (χ2v) is 3.95. The molecule has 1 aromatic carbocycles. The van der Waals surface area contributed by atoms with Crippen LogP contribution in [0.5, 0.6) is 0 Å². The molecule has 1 heterocycles. The van der Waals surface area contributed by atoms with Gasteiger partial charge < -0.3 is 9.88 Å². The first-order chi connectivity index (χ1) is 7.72. The Balaban J connectivity index is 2.30. The molecule has 1 N–H and O–H groups in total. The number of aryl methyl sites for hydroxylation is 1. The first-order valence-electron chi connectivity index (χ1n) is 5.50. The molecular weight excluding hydrogens is 198 g/mol. The summed E-state index contributed by atoms with van der Waals surface area (Å²) in [4.78, 5) is 4.22. The fourth-order valence-corrected chi connectivity index (χ4v) is 1.74. The van der Waals surface area contributed by atoms with Crippen LogP contribution in [0.3, 0.4) is 0 Å². The summed E-state index contributed by atoms with van der Waals surface area (Å²) < 4.78 is 2.08. The Labute approximate surface area is 96.1 Å². The third-order valence-corrected chi connectivity index (χ3v) is 2.93. The van der Waals surface area contributed by atoms with Crippen molar-refractivity contribution >= 4 is 0 Å². The summed E-state index contributed by atoms with van der Waals surface area (Å²) in [7, 11) is 1.97. The van der Waals surface area contributed by atoms with Crippen molar-refractivity contribution in [3.8, 4) is 5.69 Å². The Morgan fingerprint density at radius 2 is 1.94 bits per heavy atom. The average molecular weight is 215 g/mol. The van der Waals surface area contributed by atoms with Gasteiger partial charge in [0.25, 0.3) is 0 Å². The Kier molecular flexibility index (Phi) is 3.06. The predicted octanol–water partition coefficient (Wildman–Crippen LogP) is 2.46. The molecule has 0 spiro atoms. The van der Waals surface area contributed by atoms with Gasteiger partial charge in [-0.05, 0) is 38.6 Å². The largest absolute Gasteiger partial charge is 0.313 e. The van der Waals surface area contributed by atoms with E-state index in [1.165, 1.54) is 5.56 Å². The van der Waals surface area contributed by atoms with Crippen molar-refractivity contribution in [2.75, 3.05) is 7.05 Å². The molecule has 0 amide bonds. The minimum atomic E-state index is 0.387. The van der Waals surface area contributed by atoms with Crippen molar-refractivity contribution in [3.63, 3.8) is 0 Å². The number of hydrogen-bond acceptors (Lipinski definition) is 2. The molecule has 2 aromatic rings. The highest BCUT2D eigenvalue weighted by molar-refractivity contribution is 5.36. The van der Waals surface area contributed by atoms with Crippen molar-refractivity contribution in [1.29, 1.82) is 0 Å². The average Bonchev–Trinajstić information content (AvgIpc) is 2.75. The second-order valence-electron chi connectivity index (χ2n) is 3.95. The summed E-state index contributed by atoms with van der Waals surface area (Å²) in [5, 5.41) is 3.23. The van der Waals surface area contributed by atoms with Crippen molar-refractivity contribution in [2.45, 2.75) is 19.9 Å². The number of nitrogens with one attached hydrogen (secondary N) is 1. The van der Waals surface area contributed by atoms with Crippen LogP contribution in [0.25, 0.3) is 5.69 Å². The fourth-order valence-electron chi connectivity index (χ4n) is 1.74. The third kappa shape index (κ3) is 1.99. The van der Waals surface area contributed by atoms with E-state index in [0.29, 0.717) is 6.04 Å². The van der Waals surface area contributed by atoms with Crippen molar-refractivity contribution in [1.82, 2.24) is 14.9 Å². The van der Waals surface area contributed by atoms with Crippen LogP contribution in [0, 0.1) is 6.92 Å². The highest BCUT2D eigenvalue weighted by atomic mass is 15.1. The van der Waals surface area contributed by atoms with Crippen LogP contribution >= 0.6 is 0 Å². The Hall–Kier alpha value is -1.61. The molecule has 0 aliphatic rings. The Morgan fingerprint density at radius 1 is 1.25 bits per heavy atom. The van der Waals surface area contributed by atoms with Gasteiger partial charge in [-0.3, -0.25) is 0 Å². The van der Waals surface area contributed by atoms with E-state index in [4.69, 9.17) is 0 Å². The highest BCUT2D eigenvalue weighted by Gasteiger charge is 2.03. The molecule has 0 aliphatic carbocycles. The van der Waals surface area contributed by atoms with Crippen molar-refractivity contribution in [3.05, 3.63) is 48.0 Å². The second kappa shape index (κ2) is 4.49. The molecule has 3 nitrogen and oxygen atoms in total. The summed E-state index contributed by atoms with van der Waals surface area (Å²) >= 11 is 0. The van der Waals surface area contributed by atoms with Crippen LogP contribution in [-0.2, 0) is 0 Å². The number of hydrogen-bond donors (Lipinski definition) is 1. The SMILES string of the molecule is CNC(C)c1ccc(-n2ccnc2C)cc1. The van der Waals surface area contributed by atoms with Gasteiger partial charge >= 0.3 is 0 Å². The zero-order chi connectivity index (χ0) is 11.5. The van der Waals surface area contributed by atoms with Gasteiger partial charge in [0, 0.05) is 24.1 Å². The van der Waals surface area contributed by atoms with Crippen LogP contribution in [0.2, 0.25) is 0 Å². The van der Waals surface area contributed by atoms with Gasteiger partial charge in [-0.15, -0.1) is 0 Å². The van der Waals surface area contributed by atoms with Gasteiger partial charge in [0.1, 0.15) is 5.82 Å². The summed E-state index contributed by atoms with van der Waals surface area (Å²) in [5.41, 5.74) is 2.45. The Bertz CT molecular complexity index is 456. The predicted molar refractivity (Wildman–Crippen MR) is 65.8 cm³/mol. The topological polar surface area (TPSA) is 29.9 Å². The third-order valence-electron chi connectivity index (χ3n) is 2.93. The van der Waals surface area contributed by atoms with Crippen molar-refractivity contribution < 1.29 is 0 Å². The summed E-state index contributed by atoms with van der Waals surface area (Å²) in [6.45, 7) is 4.15. The monoisotopic (exact) mass is 215 g/mol. The minimum Gasteiger partial charge on any atom is -0.313 e. The lowest BCUT2D eigenvalue weighted by atomic mass is 10.1.